The molecule has 1 heterocycles. The Bertz CT molecular complexity index is 223. The zero-order valence-corrected chi connectivity index (χ0v) is 6.23. The molecular weight excluding hydrogens is 142 g/mol. The second-order valence-electron chi connectivity index (χ2n) is 2.05. The molecule has 11 heavy (non-hydrogen) atoms. The number of aromatic nitrogens is 1. The highest BCUT2D eigenvalue weighted by atomic mass is 16.5. The lowest BCUT2D eigenvalue weighted by Crippen LogP contribution is -2.03. The van der Waals surface area contributed by atoms with Crippen LogP contribution in [0.4, 0.5) is 0 Å². The van der Waals surface area contributed by atoms with E-state index in [-0.39, 0.29) is 0 Å². The van der Waals surface area contributed by atoms with Crippen LogP contribution in [0.25, 0.3) is 0 Å². The van der Waals surface area contributed by atoms with Crippen LogP contribution in [0, 0.1) is 0 Å². The van der Waals surface area contributed by atoms with E-state index in [1.807, 2.05) is 6.07 Å². The Morgan fingerprint density at radius 1 is 1.64 bits per heavy atom. The standard InChI is InChI=1S/C8H9NO2/c1-11-8(6-10)7-4-2-3-5-9-7/h2-6,8H,1H3. The highest BCUT2D eigenvalue weighted by Gasteiger charge is 2.07. The van der Waals surface area contributed by atoms with Gasteiger partial charge >= 0.3 is 0 Å². The predicted octanol–water partition coefficient (Wildman–Crippen LogP) is 0.968. The van der Waals surface area contributed by atoms with Crippen LogP contribution in [0.3, 0.4) is 0 Å². The Morgan fingerprint density at radius 3 is 2.91 bits per heavy atom. The molecule has 1 unspecified atom stereocenters. The summed E-state index contributed by atoms with van der Waals surface area (Å²) in [5.41, 5.74) is 0.644. The van der Waals surface area contributed by atoms with E-state index in [2.05, 4.69) is 4.98 Å². The third-order valence-electron chi connectivity index (χ3n) is 1.36. The summed E-state index contributed by atoms with van der Waals surface area (Å²) in [4.78, 5) is 14.3. The second-order valence-corrected chi connectivity index (χ2v) is 2.05. The van der Waals surface area contributed by atoms with Gasteiger partial charge in [-0.2, -0.15) is 0 Å². The smallest absolute Gasteiger partial charge is 0.154 e. The van der Waals surface area contributed by atoms with Crippen LogP contribution in [0.5, 0.6) is 0 Å². The Labute approximate surface area is 65.0 Å². The third-order valence-corrected chi connectivity index (χ3v) is 1.36. The number of hydrogen-bond donors (Lipinski definition) is 0. The van der Waals surface area contributed by atoms with Crippen LogP contribution in [-0.4, -0.2) is 18.4 Å². The Hall–Kier alpha value is -1.22. The van der Waals surface area contributed by atoms with Crippen molar-refractivity contribution in [3.63, 3.8) is 0 Å². The molecule has 0 aliphatic heterocycles. The summed E-state index contributed by atoms with van der Waals surface area (Å²) in [6.45, 7) is 0. The van der Waals surface area contributed by atoms with Crippen LogP contribution >= 0.6 is 0 Å². The van der Waals surface area contributed by atoms with Crippen LogP contribution in [0.1, 0.15) is 11.8 Å². The number of hydrogen-bond acceptors (Lipinski definition) is 3. The van der Waals surface area contributed by atoms with Gasteiger partial charge in [0.15, 0.2) is 12.4 Å². The van der Waals surface area contributed by atoms with E-state index in [1.165, 1.54) is 7.11 Å². The fourth-order valence-corrected chi connectivity index (χ4v) is 0.790. The molecule has 0 saturated heterocycles. The topological polar surface area (TPSA) is 39.2 Å². The number of pyridine rings is 1. The zero-order valence-electron chi connectivity index (χ0n) is 6.23. The molecule has 1 aromatic rings. The van der Waals surface area contributed by atoms with Crippen molar-refractivity contribution in [3.8, 4) is 0 Å². The van der Waals surface area contributed by atoms with Gasteiger partial charge in [-0.3, -0.25) is 4.98 Å². The summed E-state index contributed by atoms with van der Waals surface area (Å²) in [5, 5.41) is 0. The molecule has 1 atom stereocenters. The fraction of sp³-hybridized carbons (Fsp3) is 0.250. The van der Waals surface area contributed by atoms with E-state index < -0.39 is 6.10 Å². The van der Waals surface area contributed by atoms with Gasteiger partial charge in [-0.1, -0.05) is 6.07 Å². The highest BCUT2D eigenvalue weighted by molar-refractivity contribution is 5.58. The van der Waals surface area contributed by atoms with Gasteiger partial charge in [0.05, 0.1) is 5.69 Å². The van der Waals surface area contributed by atoms with Gasteiger partial charge in [0.25, 0.3) is 0 Å². The van der Waals surface area contributed by atoms with E-state index in [1.54, 1.807) is 18.3 Å². The molecule has 58 valence electrons. The molecule has 0 radical (unpaired) electrons. The molecule has 0 aromatic carbocycles. The molecule has 0 amide bonds. The first-order valence-corrected chi connectivity index (χ1v) is 3.27. The lowest BCUT2D eigenvalue weighted by atomic mass is 10.2. The van der Waals surface area contributed by atoms with Crippen LogP contribution in [0.2, 0.25) is 0 Å². The fourth-order valence-electron chi connectivity index (χ4n) is 0.790. The number of methoxy groups -OCH3 is 1. The minimum atomic E-state index is -0.531. The van der Waals surface area contributed by atoms with E-state index in [4.69, 9.17) is 4.74 Å². The Kier molecular flexibility index (Phi) is 2.74. The van der Waals surface area contributed by atoms with Crippen molar-refractivity contribution < 1.29 is 9.53 Å². The largest absolute Gasteiger partial charge is 0.368 e. The summed E-state index contributed by atoms with van der Waals surface area (Å²) in [6, 6.07) is 5.36. The van der Waals surface area contributed by atoms with Gasteiger partial charge in [-0.15, -0.1) is 0 Å². The molecule has 0 fully saturated rings. The normalized spacial score (nSPS) is 12.5. The van der Waals surface area contributed by atoms with Crippen molar-refractivity contribution in [2.75, 3.05) is 7.11 Å². The van der Waals surface area contributed by atoms with E-state index >= 15 is 0 Å². The van der Waals surface area contributed by atoms with Crippen LogP contribution in [-0.2, 0) is 9.53 Å². The number of rotatable bonds is 3. The summed E-state index contributed by atoms with van der Waals surface area (Å²) in [6.07, 6.45) is 1.82. The van der Waals surface area contributed by atoms with Gasteiger partial charge in [-0.25, -0.2) is 0 Å². The second kappa shape index (κ2) is 3.83. The summed E-state index contributed by atoms with van der Waals surface area (Å²) in [7, 11) is 1.48. The van der Waals surface area contributed by atoms with Crippen molar-refractivity contribution in [3.05, 3.63) is 30.1 Å². The Balaban J connectivity index is 2.82. The number of aldehydes is 1. The number of carbonyl (C=O) groups is 1. The first-order chi connectivity index (χ1) is 5.38. The van der Waals surface area contributed by atoms with Gasteiger partial charge in [-0.05, 0) is 12.1 Å². The average Bonchev–Trinajstić information content (AvgIpc) is 2.09. The van der Waals surface area contributed by atoms with Crippen molar-refractivity contribution >= 4 is 6.29 Å². The minimum absolute atomic E-state index is 0.531. The average molecular weight is 151 g/mol. The summed E-state index contributed by atoms with van der Waals surface area (Å²) in [5.74, 6) is 0. The summed E-state index contributed by atoms with van der Waals surface area (Å²) >= 11 is 0. The van der Waals surface area contributed by atoms with Gasteiger partial charge < -0.3 is 9.53 Å². The van der Waals surface area contributed by atoms with Gasteiger partial charge in [0, 0.05) is 13.3 Å². The molecule has 0 aliphatic carbocycles. The first-order valence-electron chi connectivity index (χ1n) is 3.27. The first kappa shape index (κ1) is 7.88. The van der Waals surface area contributed by atoms with Crippen molar-refractivity contribution in [1.82, 2.24) is 4.98 Å². The van der Waals surface area contributed by atoms with Crippen LogP contribution in [0.15, 0.2) is 24.4 Å². The van der Waals surface area contributed by atoms with Crippen molar-refractivity contribution in [2.45, 2.75) is 6.10 Å². The van der Waals surface area contributed by atoms with Crippen molar-refractivity contribution in [1.29, 1.82) is 0 Å². The molecule has 1 rings (SSSR count). The molecule has 0 saturated carbocycles. The third kappa shape index (κ3) is 1.85. The van der Waals surface area contributed by atoms with Crippen LogP contribution < -0.4 is 0 Å². The molecule has 3 heteroatoms. The quantitative estimate of drug-likeness (QED) is 0.604. The maximum atomic E-state index is 10.4. The lowest BCUT2D eigenvalue weighted by molar-refractivity contribution is -0.116. The van der Waals surface area contributed by atoms with E-state index in [0.29, 0.717) is 5.69 Å². The minimum Gasteiger partial charge on any atom is -0.368 e. The van der Waals surface area contributed by atoms with Crippen molar-refractivity contribution in [2.24, 2.45) is 0 Å². The monoisotopic (exact) mass is 151 g/mol. The molecular formula is C8H9NO2. The molecule has 1 aromatic heterocycles. The maximum Gasteiger partial charge on any atom is 0.154 e. The molecule has 0 N–H and O–H groups in total. The zero-order chi connectivity index (χ0) is 8.10. The van der Waals surface area contributed by atoms with Gasteiger partial charge in [0.1, 0.15) is 0 Å². The summed E-state index contributed by atoms with van der Waals surface area (Å²) < 4.78 is 4.85. The number of nitrogens with zero attached hydrogens (tertiary/aromatic N) is 1. The SMILES string of the molecule is COC(C=O)c1ccccn1. The lowest BCUT2D eigenvalue weighted by Gasteiger charge is -2.05. The number of carbonyl (C=O) groups excluding carboxylic acids is 1. The number of ether oxygens (including phenoxy) is 1. The van der Waals surface area contributed by atoms with Gasteiger partial charge in [0.2, 0.25) is 0 Å². The molecule has 0 spiro atoms. The van der Waals surface area contributed by atoms with E-state index in [9.17, 15) is 4.79 Å². The van der Waals surface area contributed by atoms with E-state index in [0.717, 1.165) is 6.29 Å². The maximum absolute atomic E-state index is 10.4. The predicted molar refractivity (Wildman–Crippen MR) is 40.1 cm³/mol. The molecule has 0 bridgehead atoms. The molecule has 3 nitrogen and oxygen atoms in total. The highest BCUT2D eigenvalue weighted by Crippen LogP contribution is 2.08. The molecule has 0 aliphatic rings. The Morgan fingerprint density at radius 2 is 2.45 bits per heavy atom.